The Morgan fingerprint density at radius 1 is 0.870 bits per heavy atom. The first kappa shape index (κ1) is 21.9. The summed E-state index contributed by atoms with van der Waals surface area (Å²) >= 11 is 0. The molecule has 0 rings (SSSR count). The van der Waals surface area contributed by atoms with E-state index in [-0.39, 0.29) is 11.9 Å². The third-order valence-corrected chi connectivity index (χ3v) is 4.42. The molecule has 0 aliphatic heterocycles. The smallest absolute Gasteiger partial charge is 0.185 e. The fourth-order valence-corrected chi connectivity index (χ4v) is 2.80. The second-order valence-electron chi connectivity index (χ2n) is 6.75. The van der Waals surface area contributed by atoms with Crippen molar-refractivity contribution in [3.05, 3.63) is 0 Å². The lowest BCUT2D eigenvalue weighted by Gasteiger charge is -2.09. The standard InChI is InChI=1S/C19H39N3O/c1-3-4-5-6-7-8-9-10-11-12-15-18(23)17(2)14-13-16-22-19(20)21/h17H,3-16H2,1-2H3,(H4,20,21,22). The predicted octanol–water partition coefficient (Wildman–Crippen LogP) is 4.56. The molecule has 1 unspecified atom stereocenters. The summed E-state index contributed by atoms with van der Waals surface area (Å²) in [4.78, 5) is 16.0. The van der Waals surface area contributed by atoms with Crippen molar-refractivity contribution in [3.8, 4) is 0 Å². The number of nitrogens with two attached hydrogens (primary N) is 2. The molecule has 4 N–H and O–H groups in total. The fraction of sp³-hybridized carbons (Fsp3) is 0.895. The van der Waals surface area contributed by atoms with E-state index in [1.54, 1.807) is 0 Å². The summed E-state index contributed by atoms with van der Waals surface area (Å²) in [6.07, 6.45) is 15.6. The molecule has 0 aromatic rings. The maximum absolute atomic E-state index is 12.0. The highest BCUT2D eigenvalue weighted by Gasteiger charge is 2.11. The molecule has 0 amide bonds. The molecule has 136 valence electrons. The number of guanidine groups is 1. The van der Waals surface area contributed by atoms with Crippen LogP contribution in [-0.2, 0) is 4.79 Å². The molecule has 4 nitrogen and oxygen atoms in total. The lowest BCUT2D eigenvalue weighted by molar-refractivity contribution is -0.122. The Morgan fingerprint density at radius 3 is 1.91 bits per heavy atom. The molecule has 0 aromatic heterocycles. The zero-order valence-electron chi connectivity index (χ0n) is 15.5. The predicted molar refractivity (Wildman–Crippen MR) is 101 cm³/mol. The van der Waals surface area contributed by atoms with Crippen molar-refractivity contribution < 1.29 is 4.79 Å². The minimum absolute atomic E-state index is 0.134. The van der Waals surface area contributed by atoms with E-state index in [1.807, 2.05) is 6.92 Å². The van der Waals surface area contributed by atoms with Crippen LogP contribution in [0.2, 0.25) is 0 Å². The monoisotopic (exact) mass is 325 g/mol. The third kappa shape index (κ3) is 15.6. The first-order valence-corrected chi connectivity index (χ1v) is 9.66. The molecule has 0 heterocycles. The second kappa shape index (κ2) is 15.8. The quantitative estimate of drug-likeness (QED) is 0.248. The zero-order valence-corrected chi connectivity index (χ0v) is 15.5. The van der Waals surface area contributed by atoms with Crippen LogP contribution in [0.15, 0.2) is 4.99 Å². The van der Waals surface area contributed by atoms with Gasteiger partial charge < -0.3 is 11.5 Å². The van der Waals surface area contributed by atoms with Gasteiger partial charge in [0.15, 0.2) is 5.96 Å². The summed E-state index contributed by atoms with van der Waals surface area (Å²) in [7, 11) is 0. The summed E-state index contributed by atoms with van der Waals surface area (Å²) < 4.78 is 0. The van der Waals surface area contributed by atoms with Crippen LogP contribution in [0.4, 0.5) is 0 Å². The van der Waals surface area contributed by atoms with Gasteiger partial charge in [0.2, 0.25) is 0 Å². The molecule has 0 aliphatic rings. The van der Waals surface area contributed by atoms with Crippen LogP contribution in [0.1, 0.15) is 97.3 Å². The largest absolute Gasteiger partial charge is 0.370 e. The normalized spacial score (nSPS) is 12.1. The molecule has 0 radical (unpaired) electrons. The van der Waals surface area contributed by atoms with E-state index in [9.17, 15) is 4.79 Å². The fourth-order valence-electron chi connectivity index (χ4n) is 2.80. The minimum atomic E-state index is 0.134. The number of nitrogens with zero attached hydrogens (tertiary/aromatic N) is 1. The summed E-state index contributed by atoms with van der Waals surface area (Å²) in [5.41, 5.74) is 10.6. The van der Waals surface area contributed by atoms with Gasteiger partial charge in [-0.15, -0.1) is 0 Å². The van der Waals surface area contributed by atoms with Crippen LogP contribution < -0.4 is 11.5 Å². The lowest BCUT2D eigenvalue weighted by atomic mass is 9.96. The van der Waals surface area contributed by atoms with Crippen LogP contribution in [0.25, 0.3) is 0 Å². The number of Topliss-reactive ketones (excluding diaryl/α,β-unsaturated/α-hetero) is 1. The lowest BCUT2D eigenvalue weighted by Crippen LogP contribution is -2.23. The van der Waals surface area contributed by atoms with Gasteiger partial charge in [0.05, 0.1) is 0 Å². The topological polar surface area (TPSA) is 81.5 Å². The average molecular weight is 326 g/mol. The maximum atomic E-state index is 12.0. The molecule has 0 bridgehead atoms. The van der Waals surface area contributed by atoms with Crippen molar-refractivity contribution in [2.24, 2.45) is 22.4 Å². The zero-order chi connectivity index (χ0) is 17.3. The van der Waals surface area contributed by atoms with Gasteiger partial charge in [-0.25, -0.2) is 0 Å². The number of carbonyl (C=O) groups excluding carboxylic acids is 1. The van der Waals surface area contributed by atoms with E-state index < -0.39 is 0 Å². The van der Waals surface area contributed by atoms with Gasteiger partial charge in [0, 0.05) is 18.9 Å². The van der Waals surface area contributed by atoms with Crippen molar-refractivity contribution in [3.63, 3.8) is 0 Å². The number of unbranched alkanes of at least 4 members (excludes halogenated alkanes) is 9. The first-order valence-electron chi connectivity index (χ1n) is 9.66. The van der Waals surface area contributed by atoms with Crippen LogP contribution in [0, 0.1) is 5.92 Å². The van der Waals surface area contributed by atoms with Crippen molar-refractivity contribution >= 4 is 11.7 Å². The van der Waals surface area contributed by atoms with E-state index in [1.165, 1.54) is 57.8 Å². The summed E-state index contributed by atoms with van der Waals surface area (Å²) in [6, 6.07) is 0. The van der Waals surface area contributed by atoms with E-state index in [2.05, 4.69) is 11.9 Å². The minimum Gasteiger partial charge on any atom is -0.370 e. The Labute approximate surface area is 143 Å². The number of rotatable bonds is 16. The van der Waals surface area contributed by atoms with E-state index in [0.717, 1.165) is 25.7 Å². The van der Waals surface area contributed by atoms with Gasteiger partial charge in [0.1, 0.15) is 5.78 Å². The molecule has 23 heavy (non-hydrogen) atoms. The van der Waals surface area contributed by atoms with Crippen LogP contribution in [0.3, 0.4) is 0 Å². The molecule has 1 atom stereocenters. The number of carbonyl (C=O) groups is 1. The Hall–Kier alpha value is -1.06. The summed E-state index contributed by atoms with van der Waals surface area (Å²) in [5, 5.41) is 0. The molecule has 0 spiro atoms. The number of hydrogen-bond donors (Lipinski definition) is 2. The van der Waals surface area contributed by atoms with Crippen molar-refractivity contribution in [1.29, 1.82) is 0 Å². The highest BCUT2D eigenvalue weighted by atomic mass is 16.1. The van der Waals surface area contributed by atoms with E-state index >= 15 is 0 Å². The second-order valence-corrected chi connectivity index (χ2v) is 6.75. The molecule has 0 aliphatic carbocycles. The van der Waals surface area contributed by atoms with E-state index in [0.29, 0.717) is 12.3 Å². The van der Waals surface area contributed by atoms with E-state index in [4.69, 9.17) is 11.5 Å². The third-order valence-electron chi connectivity index (χ3n) is 4.42. The van der Waals surface area contributed by atoms with Gasteiger partial charge in [-0.2, -0.15) is 0 Å². The van der Waals surface area contributed by atoms with Gasteiger partial charge in [-0.05, 0) is 19.3 Å². The Bertz CT molecular complexity index is 312. The maximum Gasteiger partial charge on any atom is 0.185 e. The molecule has 0 aromatic carbocycles. The molecule has 0 fully saturated rings. The van der Waals surface area contributed by atoms with Gasteiger partial charge in [-0.3, -0.25) is 9.79 Å². The average Bonchev–Trinajstić information content (AvgIpc) is 2.52. The summed E-state index contributed by atoms with van der Waals surface area (Å²) in [5.74, 6) is 0.673. The van der Waals surface area contributed by atoms with Gasteiger partial charge in [0.25, 0.3) is 0 Å². The number of ketones is 1. The SMILES string of the molecule is CCCCCCCCCCCCC(=O)C(C)CCCN=C(N)N. The van der Waals surface area contributed by atoms with Crippen molar-refractivity contribution in [2.45, 2.75) is 97.3 Å². The Morgan fingerprint density at radius 2 is 1.39 bits per heavy atom. The molecule has 0 saturated carbocycles. The summed E-state index contributed by atoms with van der Waals surface area (Å²) in [6.45, 7) is 4.90. The van der Waals surface area contributed by atoms with Crippen LogP contribution >= 0.6 is 0 Å². The molecule has 0 saturated heterocycles. The Balaban J connectivity index is 3.40. The highest BCUT2D eigenvalue weighted by Crippen LogP contribution is 2.14. The number of aliphatic imine (C=N–C) groups is 1. The van der Waals surface area contributed by atoms with Crippen molar-refractivity contribution in [2.75, 3.05) is 6.54 Å². The van der Waals surface area contributed by atoms with Crippen molar-refractivity contribution in [1.82, 2.24) is 0 Å². The molecular formula is C19H39N3O. The molecular weight excluding hydrogens is 286 g/mol. The highest BCUT2D eigenvalue weighted by molar-refractivity contribution is 5.80. The van der Waals surface area contributed by atoms with Crippen LogP contribution in [-0.4, -0.2) is 18.3 Å². The van der Waals surface area contributed by atoms with Crippen LogP contribution in [0.5, 0.6) is 0 Å². The van der Waals surface area contributed by atoms with Gasteiger partial charge >= 0.3 is 0 Å². The first-order chi connectivity index (χ1) is 11.1. The van der Waals surface area contributed by atoms with Gasteiger partial charge in [-0.1, -0.05) is 71.6 Å². The number of hydrogen-bond acceptors (Lipinski definition) is 2. The Kier molecular flexibility index (Phi) is 15.1. The molecule has 4 heteroatoms.